The van der Waals surface area contributed by atoms with Gasteiger partial charge in [-0.15, -0.1) is 23.1 Å². The van der Waals surface area contributed by atoms with Crippen LogP contribution >= 0.6 is 23.1 Å². The zero-order chi connectivity index (χ0) is 10.5. The van der Waals surface area contributed by atoms with Crippen LogP contribution in [0.1, 0.15) is 10.4 Å². The highest BCUT2D eigenvalue weighted by molar-refractivity contribution is 7.98. The van der Waals surface area contributed by atoms with Crippen LogP contribution in [-0.2, 0) is 5.75 Å². The van der Waals surface area contributed by atoms with Gasteiger partial charge < -0.3 is 0 Å². The highest BCUT2D eigenvalue weighted by Gasteiger charge is 2.03. The molecule has 0 fully saturated rings. The molecule has 0 aliphatic carbocycles. The minimum atomic E-state index is 0.804. The average Bonchev–Trinajstić information content (AvgIpc) is 2.75. The van der Waals surface area contributed by atoms with Gasteiger partial charge in [-0.1, -0.05) is 6.07 Å². The molecule has 0 aliphatic rings. The number of nitrogens with zero attached hydrogens (tertiary/aromatic N) is 2. The maximum Gasteiger partial charge on any atom is 0.110 e. The van der Waals surface area contributed by atoms with E-state index in [1.54, 1.807) is 18.0 Å². The summed E-state index contributed by atoms with van der Waals surface area (Å²) in [6.07, 6.45) is 1.78. The standard InChI is InChI=1S/C11H8N2S2/c12-7-10-9(4-6-14-10)8-15-11-3-1-2-5-13-11/h1-6H,8H2. The van der Waals surface area contributed by atoms with Gasteiger partial charge in [0.25, 0.3) is 0 Å². The second-order valence-corrected chi connectivity index (χ2v) is 4.76. The first-order valence-corrected chi connectivity index (χ1v) is 6.27. The predicted octanol–water partition coefficient (Wildman–Crippen LogP) is 3.31. The molecule has 0 amide bonds. The number of pyridine rings is 1. The van der Waals surface area contributed by atoms with Crippen LogP contribution in [0.25, 0.3) is 0 Å². The van der Waals surface area contributed by atoms with Gasteiger partial charge in [0, 0.05) is 11.9 Å². The second-order valence-electron chi connectivity index (χ2n) is 2.84. The summed E-state index contributed by atoms with van der Waals surface area (Å²) < 4.78 is 0. The summed E-state index contributed by atoms with van der Waals surface area (Å²) in [6, 6.07) is 10.0. The Bertz CT molecular complexity index is 471. The van der Waals surface area contributed by atoms with Crippen molar-refractivity contribution < 1.29 is 0 Å². The zero-order valence-electron chi connectivity index (χ0n) is 7.88. The third-order valence-corrected chi connectivity index (χ3v) is 3.72. The number of nitriles is 1. The molecule has 74 valence electrons. The highest BCUT2D eigenvalue weighted by Crippen LogP contribution is 2.24. The molecule has 0 aliphatic heterocycles. The van der Waals surface area contributed by atoms with Crippen molar-refractivity contribution in [2.24, 2.45) is 0 Å². The van der Waals surface area contributed by atoms with E-state index < -0.39 is 0 Å². The van der Waals surface area contributed by atoms with Crippen LogP contribution < -0.4 is 0 Å². The van der Waals surface area contributed by atoms with Crippen molar-refractivity contribution in [1.82, 2.24) is 4.98 Å². The summed E-state index contributed by atoms with van der Waals surface area (Å²) in [5.74, 6) is 0.809. The van der Waals surface area contributed by atoms with E-state index in [0.717, 1.165) is 21.2 Å². The minimum Gasteiger partial charge on any atom is -0.250 e. The fraction of sp³-hybridized carbons (Fsp3) is 0.0909. The molecule has 15 heavy (non-hydrogen) atoms. The van der Waals surface area contributed by atoms with Crippen LogP contribution in [0.15, 0.2) is 40.9 Å². The van der Waals surface area contributed by atoms with E-state index >= 15 is 0 Å². The first kappa shape index (κ1) is 10.2. The number of rotatable bonds is 3. The summed E-state index contributed by atoms with van der Waals surface area (Å²) in [5.41, 5.74) is 1.10. The normalized spacial score (nSPS) is 9.80. The number of thioether (sulfide) groups is 1. The molecule has 2 aromatic heterocycles. The number of thiophene rings is 1. The van der Waals surface area contributed by atoms with Crippen LogP contribution in [0.2, 0.25) is 0 Å². The van der Waals surface area contributed by atoms with Gasteiger partial charge in [-0.05, 0) is 29.1 Å². The van der Waals surface area contributed by atoms with E-state index in [4.69, 9.17) is 5.26 Å². The van der Waals surface area contributed by atoms with Gasteiger partial charge in [-0.2, -0.15) is 5.26 Å². The van der Waals surface area contributed by atoms with Gasteiger partial charge in [-0.3, -0.25) is 0 Å². The summed E-state index contributed by atoms with van der Waals surface area (Å²) in [6.45, 7) is 0. The Labute approximate surface area is 96.6 Å². The Hall–Kier alpha value is -1.31. The zero-order valence-corrected chi connectivity index (χ0v) is 9.52. The fourth-order valence-corrected chi connectivity index (χ4v) is 2.79. The molecule has 2 heterocycles. The molecule has 2 nitrogen and oxygen atoms in total. The predicted molar refractivity (Wildman–Crippen MR) is 62.8 cm³/mol. The van der Waals surface area contributed by atoms with Crippen molar-refractivity contribution in [2.45, 2.75) is 10.8 Å². The highest BCUT2D eigenvalue weighted by atomic mass is 32.2. The fourth-order valence-electron chi connectivity index (χ4n) is 1.13. The Morgan fingerprint density at radius 3 is 3.07 bits per heavy atom. The Balaban J connectivity index is 2.03. The average molecular weight is 232 g/mol. The molecule has 0 N–H and O–H groups in total. The SMILES string of the molecule is N#Cc1sccc1CSc1ccccn1. The largest absolute Gasteiger partial charge is 0.250 e. The third kappa shape index (κ3) is 2.58. The van der Waals surface area contributed by atoms with Crippen LogP contribution in [0, 0.1) is 11.3 Å². The molecule has 0 radical (unpaired) electrons. The lowest BCUT2D eigenvalue weighted by atomic mass is 10.3. The molecule has 0 saturated heterocycles. The van der Waals surface area contributed by atoms with E-state index in [1.165, 1.54) is 11.3 Å². The maximum absolute atomic E-state index is 8.84. The second kappa shape index (κ2) is 4.96. The quantitative estimate of drug-likeness (QED) is 0.762. The molecule has 0 spiro atoms. The van der Waals surface area contributed by atoms with Crippen molar-refractivity contribution in [1.29, 1.82) is 5.26 Å². The molecular formula is C11H8N2S2. The first-order valence-electron chi connectivity index (χ1n) is 4.40. The number of hydrogen-bond donors (Lipinski definition) is 0. The Kier molecular flexibility index (Phi) is 3.38. The lowest BCUT2D eigenvalue weighted by molar-refractivity contribution is 1.13. The molecule has 0 atom stereocenters. The van der Waals surface area contributed by atoms with E-state index in [0.29, 0.717) is 0 Å². The Morgan fingerprint density at radius 1 is 1.40 bits per heavy atom. The molecule has 0 saturated carbocycles. The molecule has 4 heteroatoms. The minimum absolute atomic E-state index is 0.804. The summed E-state index contributed by atoms with van der Waals surface area (Å²) in [5, 5.41) is 11.8. The van der Waals surface area contributed by atoms with Gasteiger partial charge in [0.1, 0.15) is 10.9 Å². The molecule has 2 rings (SSSR count). The number of hydrogen-bond acceptors (Lipinski definition) is 4. The van der Waals surface area contributed by atoms with E-state index in [9.17, 15) is 0 Å². The van der Waals surface area contributed by atoms with Crippen LogP contribution in [0.5, 0.6) is 0 Å². The van der Waals surface area contributed by atoms with Crippen LogP contribution in [0.4, 0.5) is 0 Å². The van der Waals surface area contributed by atoms with Crippen molar-refractivity contribution in [3.8, 4) is 6.07 Å². The maximum atomic E-state index is 8.84. The van der Waals surface area contributed by atoms with E-state index in [-0.39, 0.29) is 0 Å². The smallest absolute Gasteiger partial charge is 0.110 e. The van der Waals surface area contributed by atoms with Gasteiger partial charge >= 0.3 is 0 Å². The summed E-state index contributed by atoms with van der Waals surface area (Å²) in [7, 11) is 0. The van der Waals surface area contributed by atoms with Gasteiger partial charge in [0.05, 0.1) is 5.03 Å². The van der Waals surface area contributed by atoms with Crippen molar-refractivity contribution in [3.05, 3.63) is 46.3 Å². The lowest BCUT2D eigenvalue weighted by Gasteiger charge is -1.98. The van der Waals surface area contributed by atoms with Crippen LogP contribution in [-0.4, -0.2) is 4.98 Å². The molecule has 0 unspecified atom stereocenters. The molecular weight excluding hydrogens is 224 g/mol. The topological polar surface area (TPSA) is 36.7 Å². The third-order valence-electron chi connectivity index (χ3n) is 1.86. The van der Waals surface area contributed by atoms with Crippen molar-refractivity contribution in [2.75, 3.05) is 0 Å². The van der Waals surface area contributed by atoms with Crippen molar-refractivity contribution in [3.63, 3.8) is 0 Å². The van der Waals surface area contributed by atoms with Crippen molar-refractivity contribution >= 4 is 23.1 Å². The van der Waals surface area contributed by atoms with Gasteiger partial charge in [0.2, 0.25) is 0 Å². The molecule has 0 bridgehead atoms. The Morgan fingerprint density at radius 2 is 2.33 bits per heavy atom. The molecule has 0 aromatic carbocycles. The van der Waals surface area contributed by atoms with Gasteiger partial charge in [0.15, 0.2) is 0 Å². The van der Waals surface area contributed by atoms with E-state index in [2.05, 4.69) is 11.1 Å². The molecule has 2 aromatic rings. The van der Waals surface area contributed by atoms with Gasteiger partial charge in [-0.25, -0.2) is 4.98 Å². The van der Waals surface area contributed by atoms with Crippen LogP contribution in [0.3, 0.4) is 0 Å². The first-order chi connectivity index (χ1) is 7.40. The number of aromatic nitrogens is 1. The summed E-state index contributed by atoms with van der Waals surface area (Å²) >= 11 is 3.14. The monoisotopic (exact) mass is 232 g/mol. The lowest BCUT2D eigenvalue weighted by Crippen LogP contribution is -1.82. The van der Waals surface area contributed by atoms with E-state index in [1.807, 2.05) is 29.6 Å². The summed E-state index contributed by atoms with van der Waals surface area (Å²) in [4.78, 5) is 5.02.